The van der Waals surface area contributed by atoms with Crippen LogP contribution in [0.4, 0.5) is 0 Å². The van der Waals surface area contributed by atoms with Crippen LogP contribution in [0.25, 0.3) is 11.1 Å². The Bertz CT molecular complexity index is 929. The Morgan fingerprint density at radius 1 is 0.793 bits per heavy atom. The van der Waals surface area contributed by atoms with Crippen molar-refractivity contribution in [3.8, 4) is 5.75 Å². The van der Waals surface area contributed by atoms with Gasteiger partial charge in [-0.3, -0.25) is 0 Å². The topological polar surface area (TPSA) is 12.5 Å². The normalized spacial score (nSPS) is 12.0. The highest BCUT2D eigenvalue weighted by Gasteiger charge is 2.13. The third-order valence-electron chi connectivity index (χ3n) is 4.86. The van der Waals surface area contributed by atoms with Gasteiger partial charge < -0.3 is 9.64 Å². The van der Waals surface area contributed by atoms with E-state index in [1.807, 2.05) is 0 Å². The monoisotopic (exact) mass is 449 g/mol. The first kappa shape index (κ1) is 21.4. The lowest BCUT2D eigenvalue weighted by atomic mass is 9.88. The van der Waals surface area contributed by atoms with Crippen LogP contribution in [0.1, 0.15) is 30.0 Å². The van der Waals surface area contributed by atoms with Crippen molar-refractivity contribution in [2.24, 2.45) is 0 Å². The van der Waals surface area contributed by atoms with E-state index in [1.165, 1.54) is 27.8 Å². The second-order valence-corrected chi connectivity index (χ2v) is 8.17. The summed E-state index contributed by atoms with van der Waals surface area (Å²) in [6.45, 7) is 3.81. The zero-order valence-electron chi connectivity index (χ0n) is 17.4. The second-order valence-electron chi connectivity index (χ2n) is 7.26. The average molecular weight is 450 g/mol. The summed E-state index contributed by atoms with van der Waals surface area (Å²) in [5.41, 5.74) is 6.29. The number of hydrogen-bond acceptors (Lipinski definition) is 2. The highest BCUT2D eigenvalue weighted by atomic mass is 79.9. The fourth-order valence-corrected chi connectivity index (χ4v) is 3.62. The minimum atomic E-state index is 0.686. The number of rotatable bonds is 8. The maximum absolute atomic E-state index is 5.88. The third-order valence-corrected chi connectivity index (χ3v) is 5.39. The van der Waals surface area contributed by atoms with E-state index in [0.29, 0.717) is 6.61 Å². The van der Waals surface area contributed by atoms with Gasteiger partial charge in [0, 0.05) is 11.0 Å². The predicted molar refractivity (Wildman–Crippen MR) is 127 cm³/mol. The van der Waals surface area contributed by atoms with Gasteiger partial charge in [0.05, 0.1) is 0 Å². The van der Waals surface area contributed by atoms with E-state index in [1.54, 1.807) is 0 Å². The minimum absolute atomic E-state index is 0.686. The van der Waals surface area contributed by atoms with E-state index in [2.05, 4.69) is 121 Å². The molecule has 2 nitrogen and oxygen atoms in total. The molecule has 3 rings (SSSR count). The lowest BCUT2D eigenvalue weighted by Gasteiger charge is -2.17. The summed E-state index contributed by atoms with van der Waals surface area (Å²) < 4.78 is 6.97. The molecular weight excluding hydrogens is 422 g/mol. The van der Waals surface area contributed by atoms with E-state index in [4.69, 9.17) is 4.74 Å². The first-order chi connectivity index (χ1) is 14.1. The number of hydrogen-bond donors (Lipinski definition) is 0. The molecule has 0 fully saturated rings. The number of ether oxygens (including phenoxy) is 1. The van der Waals surface area contributed by atoms with Gasteiger partial charge in [-0.2, -0.15) is 0 Å². The quantitative estimate of drug-likeness (QED) is 0.352. The van der Waals surface area contributed by atoms with Gasteiger partial charge >= 0.3 is 0 Å². The van der Waals surface area contributed by atoms with E-state index >= 15 is 0 Å². The molecule has 29 heavy (non-hydrogen) atoms. The number of allylic oxidation sites excluding steroid dienone is 1. The standard InChI is InChI=1S/C26H28BrNO/c1-4-25(20-8-6-5-7-9-20)26(21-10-14-23(27)15-11-21)22-12-16-24(17-13-22)29-19-18-28(2)3/h5-17H,4,18-19H2,1-3H3/b26-25+. The van der Waals surface area contributed by atoms with Crippen LogP contribution < -0.4 is 4.74 Å². The van der Waals surface area contributed by atoms with Crippen molar-refractivity contribution in [2.45, 2.75) is 13.3 Å². The molecule has 3 aromatic rings. The Kier molecular flexibility index (Phi) is 7.68. The summed E-state index contributed by atoms with van der Waals surface area (Å²) in [6, 6.07) is 27.7. The van der Waals surface area contributed by atoms with Crippen molar-refractivity contribution in [3.63, 3.8) is 0 Å². The molecule has 0 amide bonds. The molecule has 0 aromatic heterocycles. The molecule has 0 heterocycles. The zero-order valence-corrected chi connectivity index (χ0v) is 18.9. The van der Waals surface area contributed by atoms with Gasteiger partial charge in [0.1, 0.15) is 12.4 Å². The van der Waals surface area contributed by atoms with Gasteiger partial charge in [-0.25, -0.2) is 0 Å². The van der Waals surface area contributed by atoms with Gasteiger partial charge in [0.25, 0.3) is 0 Å². The number of nitrogens with zero attached hydrogens (tertiary/aromatic N) is 1. The van der Waals surface area contributed by atoms with Crippen LogP contribution in [0.15, 0.2) is 83.3 Å². The summed E-state index contributed by atoms with van der Waals surface area (Å²) in [4.78, 5) is 2.12. The first-order valence-corrected chi connectivity index (χ1v) is 10.8. The van der Waals surface area contributed by atoms with Crippen LogP contribution in [-0.4, -0.2) is 32.1 Å². The Balaban J connectivity index is 2.02. The summed E-state index contributed by atoms with van der Waals surface area (Å²) in [5.74, 6) is 0.906. The molecule has 0 aliphatic carbocycles. The molecule has 0 radical (unpaired) electrons. The van der Waals surface area contributed by atoms with Crippen molar-refractivity contribution >= 4 is 27.1 Å². The summed E-state index contributed by atoms with van der Waals surface area (Å²) >= 11 is 3.56. The predicted octanol–water partition coefficient (Wildman–Crippen LogP) is 6.76. The molecule has 0 aliphatic heterocycles. The molecule has 0 spiro atoms. The van der Waals surface area contributed by atoms with E-state index < -0.39 is 0 Å². The SMILES string of the molecule is CC/C(=C(/c1ccc(Br)cc1)c1ccc(OCCN(C)C)cc1)c1ccccc1. The second kappa shape index (κ2) is 10.4. The smallest absolute Gasteiger partial charge is 0.119 e. The van der Waals surface area contributed by atoms with E-state index in [9.17, 15) is 0 Å². The van der Waals surface area contributed by atoms with Crippen LogP contribution in [0.2, 0.25) is 0 Å². The molecule has 0 saturated carbocycles. The van der Waals surface area contributed by atoms with Gasteiger partial charge in [-0.15, -0.1) is 0 Å². The number of halogens is 1. The van der Waals surface area contributed by atoms with Crippen molar-refractivity contribution < 1.29 is 4.74 Å². The zero-order chi connectivity index (χ0) is 20.6. The lowest BCUT2D eigenvalue weighted by molar-refractivity contribution is 0.261. The molecule has 0 unspecified atom stereocenters. The van der Waals surface area contributed by atoms with Crippen LogP contribution in [0, 0.1) is 0 Å². The van der Waals surface area contributed by atoms with Crippen molar-refractivity contribution in [1.29, 1.82) is 0 Å². The molecule has 0 atom stereocenters. The molecule has 0 saturated heterocycles. The van der Waals surface area contributed by atoms with Gasteiger partial charge in [-0.05, 0) is 72.6 Å². The minimum Gasteiger partial charge on any atom is -0.492 e. The van der Waals surface area contributed by atoms with Crippen LogP contribution in [-0.2, 0) is 0 Å². The molecular formula is C26H28BrNO. The van der Waals surface area contributed by atoms with Crippen molar-refractivity contribution in [1.82, 2.24) is 4.90 Å². The summed E-state index contributed by atoms with van der Waals surface area (Å²) in [6.07, 6.45) is 0.955. The molecule has 3 aromatic carbocycles. The maximum atomic E-state index is 5.88. The fourth-order valence-electron chi connectivity index (χ4n) is 3.36. The van der Waals surface area contributed by atoms with Crippen LogP contribution in [0.5, 0.6) is 5.75 Å². The Morgan fingerprint density at radius 2 is 1.38 bits per heavy atom. The number of likely N-dealkylation sites (N-methyl/N-ethyl adjacent to an activating group) is 1. The molecule has 3 heteroatoms. The maximum Gasteiger partial charge on any atom is 0.119 e. The van der Waals surface area contributed by atoms with E-state index in [-0.39, 0.29) is 0 Å². The highest BCUT2D eigenvalue weighted by Crippen LogP contribution is 2.35. The number of benzene rings is 3. The Morgan fingerprint density at radius 3 is 1.93 bits per heavy atom. The average Bonchev–Trinajstić information content (AvgIpc) is 2.74. The van der Waals surface area contributed by atoms with Crippen LogP contribution >= 0.6 is 15.9 Å². The van der Waals surface area contributed by atoms with Crippen molar-refractivity contribution in [2.75, 3.05) is 27.2 Å². The summed E-state index contributed by atoms with van der Waals surface area (Å²) in [7, 11) is 4.11. The summed E-state index contributed by atoms with van der Waals surface area (Å²) in [5, 5.41) is 0. The Labute approximate surface area is 183 Å². The molecule has 0 N–H and O–H groups in total. The largest absolute Gasteiger partial charge is 0.492 e. The van der Waals surface area contributed by atoms with Gasteiger partial charge in [0.15, 0.2) is 0 Å². The van der Waals surface area contributed by atoms with Crippen LogP contribution in [0.3, 0.4) is 0 Å². The fraction of sp³-hybridized carbons (Fsp3) is 0.231. The lowest BCUT2D eigenvalue weighted by Crippen LogP contribution is -2.19. The highest BCUT2D eigenvalue weighted by molar-refractivity contribution is 9.10. The third kappa shape index (κ3) is 5.81. The molecule has 150 valence electrons. The van der Waals surface area contributed by atoms with Gasteiger partial charge in [0.2, 0.25) is 0 Å². The molecule has 0 bridgehead atoms. The first-order valence-electron chi connectivity index (χ1n) is 10.0. The van der Waals surface area contributed by atoms with Gasteiger partial charge in [-0.1, -0.05) is 77.5 Å². The van der Waals surface area contributed by atoms with Crippen molar-refractivity contribution in [3.05, 3.63) is 100 Å². The molecule has 0 aliphatic rings. The Hall–Kier alpha value is -2.36. The van der Waals surface area contributed by atoms with E-state index in [0.717, 1.165) is 23.2 Å².